The van der Waals surface area contributed by atoms with Gasteiger partial charge in [-0.3, -0.25) is 0 Å². The summed E-state index contributed by atoms with van der Waals surface area (Å²) in [6.45, 7) is 3.89. The van der Waals surface area contributed by atoms with Gasteiger partial charge in [0.15, 0.2) is 0 Å². The van der Waals surface area contributed by atoms with Crippen LogP contribution in [0, 0.1) is 6.92 Å². The average Bonchev–Trinajstić information content (AvgIpc) is 2.53. The van der Waals surface area contributed by atoms with E-state index in [1.807, 2.05) is 18.2 Å². The van der Waals surface area contributed by atoms with Gasteiger partial charge in [-0.25, -0.2) is 0 Å². The molecule has 0 aliphatic heterocycles. The van der Waals surface area contributed by atoms with E-state index in [4.69, 9.17) is 9.47 Å². The maximum Gasteiger partial charge on any atom is 0.127 e. The summed E-state index contributed by atoms with van der Waals surface area (Å²) in [6.07, 6.45) is 1.03. The minimum absolute atomic E-state index is 0.791. The lowest BCUT2D eigenvalue weighted by Crippen LogP contribution is -2.17. The third-order valence-corrected chi connectivity index (χ3v) is 3.64. The molecule has 0 aliphatic carbocycles. The molecule has 3 heteroatoms. The number of methoxy groups -OCH3 is 2. The van der Waals surface area contributed by atoms with E-state index in [0.29, 0.717) is 0 Å². The summed E-state index contributed by atoms with van der Waals surface area (Å²) >= 11 is 0. The third kappa shape index (κ3) is 4.23. The van der Waals surface area contributed by atoms with Gasteiger partial charge in [0, 0.05) is 18.2 Å². The second-order valence-corrected chi connectivity index (χ2v) is 5.03. The summed E-state index contributed by atoms with van der Waals surface area (Å²) in [5, 5.41) is 3.47. The zero-order valence-electron chi connectivity index (χ0n) is 13.0. The Morgan fingerprint density at radius 2 is 1.76 bits per heavy atom. The fourth-order valence-electron chi connectivity index (χ4n) is 2.33. The minimum Gasteiger partial charge on any atom is -0.497 e. The SMILES string of the molecule is COc1ccc(CNCCc2ccccc2C)c(OC)c1. The molecule has 112 valence electrons. The second-order valence-electron chi connectivity index (χ2n) is 5.03. The van der Waals surface area contributed by atoms with Crippen LogP contribution in [0.15, 0.2) is 42.5 Å². The number of aryl methyl sites for hydroxylation is 1. The molecule has 0 aromatic heterocycles. The smallest absolute Gasteiger partial charge is 0.127 e. The fraction of sp³-hybridized carbons (Fsp3) is 0.333. The van der Waals surface area contributed by atoms with E-state index in [2.05, 4.69) is 36.5 Å². The van der Waals surface area contributed by atoms with E-state index in [0.717, 1.165) is 36.6 Å². The molecule has 0 bridgehead atoms. The highest BCUT2D eigenvalue weighted by molar-refractivity contribution is 5.40. The molecule has 0 radical (unpaired) electrons. The molecule has 3 nitrogen and oxygen atoms in total. The molecule has 0 spiro atoms. The number of rotatable bonds is 7. The highest BCUT2D eigenvalue weighted by atomic mass is 16.5. The molecule has 2 rings (SSSR count). The highest BCUT2D eigenvalue weighted by Crippen LogP contribution is 2.24. The van der Waals surface area contributed by atoms with Crippen molar-refractivity contribution in [1.29, 1.82) is 0 Å². The number of ether oxygens (including phenoxy) is 2. The van der Waals surface area contributed by atoms with Gasteiger partial charge in [-0.1, -0.05) is 30.3 Å². The summed E-state index contributed by atoms with van der Waals surface area (Å²) in [5.41, 5.74) is 3.89. The first-order valence-corrected chi connectivity index (χ1v) is 7.20. The lowest BCUT2D eigenvalue weighted by Gasteiger charge is -2.12. The minimum atomic E-state index is 0.791. The van der Waals surface area contributed by atoms with Crippen molar-refractivity contribution in [3.63, 3.8) is 0 Å². The molecule has 2 aromatic rings. The molecule has 0 heterocycles. The zero-order valence-corrected chi connectivity index (χ0v) is 13.0. The van der Waals surface area contributed by atoms with Crippen molar-refractivity contribution >= 4 is 0 Å². The van der Waals surface area contributed by atoms with Crippen molar-refractivity contribution in [2.75, 3.05) is 20.8 Å². The van der Waals surface area contributed by atoms with Gasteiger partial charge in [0.2, 0.25) is 0 Å². The van der Waals surface area contributed by atoms with Gasteiger partial charge in [-0.15, -0.1) is 0 Å². The quantitative estimate of drug-likeness (QED) is 0.791. The maximum absolute atomic E-state index is 5.40. The first-order chi connectivity index (χ1) is 10.2. The number of nitrogens with one attached hydrogen (secondary N) is 1. The van der Waals surface area contributed by atoms with Gasteiger partial charge in [-0.2, -0.15) is 0 Å². The van der Waals surface area contributed by atoms with Gasteiger partial charge < -0.3 is 14.8 Å². The Bertz CT molecular complexity index is 581. The Morgan fingerprint density at radius 1 is 0.952 bits per heavy atom. The lowest BCUT2D eigenvalue weighted by molar-refractivity contribution is 0.390. The molecule has 1 N–H and O–H groups in total. The fourth-order valence-corrected chi connectivity index (χ4v) is 2.33. The van der Waals surface area contributed by atoms with Crippen molar-refractivity contribution in [3.8, 4) is 11.5 Å². The van der Waals surface area contributed by atoms with Crippen molar-refractivity contribution in [2.45, 2.75) is 19.9 Å². The predicted molar refractivity (Wildman–Crippen MR) is 86.1 cm³/mol. The molecular formula is C18H23NO2. The summed E-state index contributed by atoms with van der Waals surface area (Å²) in [4.78, 5) is 0. The molecular weight excluding hydrogens is 262 g/mol. The standard InChI is InChI=1S/C18H23NO2/c1-14-6-4-5-7-15(14)10-11-19-13-16-8-9-17(20-2)12-18(16)21-3/h4-9,12,19H,10-11,13H2,1-3H3. The van der Waals surface area contributed by atoms with Crippen LogP contribution in [0.2, 0.25) is 0 Å². The topological polar surface area (TPSA) is 30.5 Å². The van der Waals surface area contributed by atoms with Gasteiger partial charge in [0.25, 0.3) is 0 Å². The van der Waals surface area contributed by atoms with Crippen molar-refractivity contribution < 1.29 is 9.47 Å². The van der Waals surface area contributed by atoms with Crippen LogP contribution in [0.25, 0.3) is 0 Å². The van der Waals surface area contributed by atoms with E-state index >= 15 is 0 Å². The summed E-state index contributed by atoms with van der Waals surface area (Å²) < 4.78 is 10.6. The normalized spacial score (nSPS) is 10.4. The summed E-state index contributed by atoms with van der Waals surface area (Å²) in [6, 6.07) is 14.4. The Hall–Kier alpha value is -2.00. The van der Waals surface area contributed by atoms with E-state index in [1.54, 1.807) is 14.2 Å². The monoisotopic (exact) mass is 285 g/mol. The second kappa shape index (κ2) is 7.70. The average molecular weight is 285 g/mol. The molecule has 0 saturated carbocycles. The summed E-state index contributed by atoms with van der Waals surface area (Å²) in [7, 11) is 3.35. The van der Waals surface area contributed by atoms with Crippen molar-refractivity contribution in [1.82, 2.24) is 5.32 Å². The Labute approximate surface area is 126 Å². The number of benzene rings is 2. The molecule has 0 fully saturated rings. The van der Waals surface area contributed by atoms with Gasteiger partial charge >= 0.3 is 0 Å². The maximum atomic E-state index is 5.40. The molecule has 0 unspecified atom stereocenters. The van der Waals surface area contributed by atoms with Gasteiger partial charge in [0.05, 0.1) is 14.2 Å². The Morgan fingerprint density at radius 3 is 2.48 bits per heavy atom. The summed E-state index contributed by atoms with van der Waals surface area (Å²) in [5.74, 6) is 1.67. The molecule has 0 aliphatic rings. The van der Waals surface area contributed by atoms with Crippen LogP contribution in [0.4, 0.5) is 0 Å². The Balaban J connectivity index is 1.87. The highest BCUT2D eigenvalue weighted by Gasteiger charge is 2.04. The van der Waals surface area contributed by atoms with Crippen LogP contribution in [0.5, 0.6) is 11.5 Å². The van der Waals surface area contributed by atoms with Crippen molar-refractivity contribution in [3.05, 3.63) is 59.2 Å². The van der Waals surface area contributed by atoms with Crippen LogP contribution >= 0.6 is 0 Å². The Kier molecular flexibility index (Phi) is 5.64. The van der Waals surface area contributed by atoms with E-state index in [1.165, 1.54) is 11.1 Å². The third-order valence-electron chi connectivity index (χ3n) is 3.64. The molecule has 0 saturated heterocycles. The van der Waals surface area contributed by atoms with E-state index in [-0.39, 0.29) is 0 Å². The van der Waals surface area contributed by atoms with Crippen molar-refractivity contribution in [2.24, 2.45) is 0 Å². The largest absolute Gasteiger partial charge is 0.497 e. The molecule has 2 aromatic carbocycles. The van der Waals surface area contributed by atoms with Gasteiger partial charge in [0.1, 0.15) is 11.5 Å². The van der Waals surface area contributed by atoms with E-state index < -0.39 is 0 Å². The first kappa shape index (κ1) is 15.4. The van der Waals surface area contributed by atoms with Crippen LogP contribution in [0.3, 0.4) is 0 Å². The van der Waals surface area contributed by atoms with Crippen LogP contribution in [0.1, 0.15) is 16.7 Å². The first-order valence-electron chi connectivity index (χ1n) is 7.20. The zero-order chi connectivity index (χ0) is 15.1. The molecule has 0 amide bonds. The van der Waals surface area contributed by atoms with Crippen LogP contribution < -0.4 is 14.8 Å². The lowest BCUT2D eigenvalue weighted by atomic mass is 10.1. The predicted octanol–water partition coefficient (Wildman–Crippen LogP) is 3.34. The van der Waals surface area contributed by atoms with Crippen LogP contribution in [-0.4, -0.2) is 20.8 Å². The molecule has 21 heavy (non-hydrogen) atoms. The number of hydrogen-bond donors (Lipinski definition) is 1. The number of hydrogen-bond acceptors (Lipinski definition) is 3. The van der Waals surface area contributed by atoms with Gasteiger partial charge in [-0.05, 0) is 37.1 Å². The van der Waals surface area contributed by atoms with Crippen LogP contribution in [-0.2, 0) is 13.0 Å². The molecule has 0 atom stereocenters. The van der Waals surface area contributed by atoms with E-state index in [9.17, 15) is 0 Å².